The summed E-state index contributed by atoms with van der Waals surface area (Å²) in [6, 6.07) is 7.66. The van der Waals surface area contributed by atoms with E-state index in [1.165, 1.54) is 4.68 Å². The van der Waals surface area contributed by atoms with Gasteiger partial charge < -0.3 is 5.32 Å². The maximum atomic E-state index is 11.3. The Morgan fingerprint density at radius 2 is 2.08 bits per heavy atom. The molecule has 0 unspecified atom stereocenters. The predicted molar refractivity (Wildman–Crippen MR) is 92.4 cm³/mol. The van der Waals surface area contributed by atoms with Gasteiger partial charge in [-0.1, -0.05) is 12.1 Å². The van der Waals surface area contributed by atoms with Gasteiger partial charge >= 0.3 is 5.69 Å². The first-order chi connectivity index (χ1) is 11.5. The molecule has 0 saturated heterocycles. The second kappa shape index (κ2) is 6.44. The minimum atomic E-state index is -0.420. The van der Waals surface area contributed by atoms with Crippen molar-refractivity contribution in [2.24, 2.45) is 7.05 Å². The molecular formula is C15H16N6O2S. The molecule has 0 amide bonds. The molecule has 0 fully saturated rings. The summed E-state index contributed by atoms with van der Waals surface area (Å²) in [5, 5.41) is 20.4. The van der Waals surface area contributed by atoms with Crippen molar-refractivity contribution in [1.82, 2.24) is 19.7 Å². The largest absolute Gasteiger partial charge is 0.370 e. The average molecular weight is 344 g/mol. The number of para-hydroxylation sites is 1. The number of fused-ring (bicyclic) bond motifs is 1. The molecule has 3 aromatic rings. The molecule has 124 valence electrons. The van der Waals surface area contributed by atoms with Crippen LogP contribution in [0.1, 0.15) is 12.6 Å². The topological polar surface area (TPSA) is 98.8 Å². The first kappa shape index (κ1) is 16.2. The van der Waals surface area contributed by atoms with Crippen molar-refractivity contribution in [3.05, 3.63) is 40.1 Å². The minimum Gasteiger partial charge on any atom is -0.370 e. The number of hydrogen-bond donors (Lipinski definition) is 1. The highest BCUT2D eigenvalue weighted by Gasteiger charge is 2.26. The highest BCUT2D eigenvalue weighted by Crippen LogP contribution is 2.36. The maximum Gasteiger partial charge on any atom is 0.324 e. The van der Waals surface area contributed by atoms with E-state index in [9.17, 15) is 10.1 Å². The van der Waals surface area contributed by atoms with Gasteiger partial charge in [0.2, 0.25) is 0 Å². The molecule has 0 radical (unpaired) electrons. The number of hydrogen-bond acceptors (Lipinski definition) is 7. The van der Waals surface area contributed by atoms with Gasteiger partial charge in [-0.2, -0.15) is 5.10 Å². The number of nitrogens with zero attached hydrogens (tertiary/aromatic N) is 5. The van der Waals surface area contributed by atoms with Crippen LogP contribution in [0.4, 0.5) is 11.5 Å². The van der Waals surface area contributed by atoms with E-state index in [2.05, 4.69) is 20.4 Å². The van der Waals surface area contributed by atoms with Crippen LogP contribution < -0.4 is 5.32 Å². The predicted octanol–water partition coefficient (Wildman–Crippen LogP) is 3.16. The van der Waals surface area contributed by atoms with Crippen molar-refractivity contribution in [3.63, 3.8) is 0 Å². The van der Waals surface area contributed by atoms with Gasteiger partial charge in [0.1, 0.15) is 11.5 Å². The summed E-state index contributed by atoms with van der Waals surface area (Å²) in [5.74, 6) is 0.715. The second-order valence-corrected chi connectivity index (χ2v) is 6.08. The standard InChI is InChI=1S/C15H16N6O2S/c1-4-16-13-10-7-5-6-8-11(10)17-15(18-13)24-14-12(21(22)23)9(2)19-20(14)3/h5-8H,4H2,1-3H3,(H,16,17,18). The van der Waals surface area contributed by atoms with E-state index >= 15 is 0 Å². The first-order valence-electron chi connectivity index (χ1n) is 7.37. The van der Waals surface area contributed by atoms with Gasteiger partial charge in [-0.15, -0.1) is 0 Å². The third kappa shape index (κ3) is 2.90. The van der Waals surface area contributed by atoms with Gasteiger partial charge in [-0.3, -0.25) is 14.8 Å². The van der Waals surface area contributed by atoms with E-state index in [0.717, 1.165) is 29.2 Å². The van der Waals surface area contributed by atoms with Gasteiger partial charge in [0.25, 0.3) is 0 Å². The van der Waals surface area contributed by atoms with Crippen molar-refractivity contribution >= 4 is 34.2 Å². The molecule has 1 N–H and O–H groups in total. The van der Waals surface area contributed by atoms with Crippen LogP contribution in [-0.4, -0.2) is 31.2 Å². The summed E-state index contributed by atoms with van der Waals surface area (Å²) in [4.78, 5) is 19.9. The van der Waals surface area contributed by atoms with Crippen LogP contribution in [0.2, 0.25) is 0 Å². The number of anilines is 1. The quantitative estimate of drug-likeness (QED) is 0.431. The molecule has 1 aromatic carbocycles. The summed E-state index contributed by atoms with van der Waals surface area (Å²) < 4.78 is 1.49. The zero-order valence-corrected chi connectivity index (χ0v) is 14.3. The van der Waals surface area contributed by atoms with Crippen LogP contribution in [0.15, 0.2) is 34.4 Å². The summed E-state index contributed by atoms with van der Waals surface area (Å²) in [6.45, 7) is 4.32. The van der Waals surface area contributed by atoms with Gasteiger partial charge in [0, 0.05) is 19.0 Å². The van der Waals surface area contributed by atoms with Crippen molar-refractivity contribution < 1.29 is 4.92 Å². The summed E-state index contributed by atoms with van der Waals surface area (Å²) in [7, 11) is 1.68. The number of aryl methyl sites for hydroxylation is 2. The Morgan fingerprint density at radius 3 is 2.79 bits per heavy atom. The molecule has 0 spiro atoms. The van der Waals surface area contributed by atoms with Gasteiger partial charge in [0.05, 0.1) is 10.4 Å². The van der Waals surface area contributed by atoms with E-state index in [4.69, 9.17) is 0 Å². The van der Waals surface area contributed by atoms with E-state index in [-0.39, 0.29) is 5.69 Å². The summed E-state index contributed by atoms with van der Waals surface area (Å²) in [6.07, 6.45) is 0. The lowest BCUT2D eigenvalue weighted by molar-refractivity contribution is -0.388. The molecule has 0 aliphatic carbocycles. The van der Waals surface area contributed by atoms with Crippen LogP contribution >= 0.6 is 11.8 Å². The molecule has 3 rings (SSSR count). The normalized spacial score (nSPS) is 11.0. The van der Waals surface area contributed by atoms with Crippen LogP contribution in [0.5, 0.6) is 0 Å². The Kier molecular flexibility index (Phi) is 4.34. The number of benzene rings is 1. The monoisotopic (exact) mass is 344 g/mol. The number of nitro groups is 1. The third-order valence-electron chi connectivity index (χ3n) is 3.44. The van der Waals surface area contributed by atoms with E-state index < -0.39 is 4.92 Å². The molecule has 9 heteroatoms. The fraction of sp³-hybridized carbons (Fsp3) is 0.267. The maximum absolute atomic E-state index is 11.3. The molecule has 0 bridgehead atoms. The number of nitrogens with one attached hydrogen (secondary N) is 1. The lowest BCUT2D eigenvalue weighted by atomic mass is 10.2. The molecule has 2 heterocycles. The van der Waals surface area contributed by atoms with Crippen molar-refractivity contribution in [2.75, 3.05) is 11.9 Å². The zero-order chi connectivity index (χ0) is 17.3. The fourth-order valence-electron chi connectivity index (χ4n) is 2.44. The van der Waals surface area contributed by atoms with Crippen LogP contribution in [0.3, 0.4) is 0 Å². The molecule has 0 aliphatic rings. The number of rotatable bonds is 5. The number of aromatic nitrogens is 4. The van der Waals surface area contributed by atoms with E-state index in [0.29, 0.717) is 21.7 Å². The SMILES string of the molecule is CCNc1nc(Sc2c([N+](=O)[O-])c(C)nn2C)nc2ccccc12. The average Bonchev–Trinajstić information content (AvgIpc) is 2.81. The highest BCUT2D eigenvalue weighted by atomic mass is 32.2. The lowest BCUT2D eigenvalue weighted by Gasteiger charge is -2.09. The van der Waals surface area contributed by atoms with Crippen LogP contribution in [0, 0.1) is 17.0 Å². The highest BCUT2D eigenvalue weighted by molar-refractivity contribution is 7.99. The zero-order valence-electron chi connectivity index (χ0n) is 13.5. The molecule has 0 saturated carbocycles. The van der Waals surface area contributed by atoms with Crippen LogP contribution in [-0.2, 0) is 7.05 Å². The van der Waals surface area contributed by atoms with Gasteiger partial charge in [-0.25, -0.2) is 9.97 Å². The molecule has 2 aromatic heterocycles. The van der Waals surface area contributed by atoms with Gasteiger partial charge in [0.15, 0.2) is 10.2 Å². The van der Waals surface area contributed by atoms with Gasteiger partial charge in [-0.05, 0) is 37.7 Å². The Hall–Kier alpha value is -2.68. The smallest absolute Gasteiger partial charge is 0.324 e. The van der Waals surface area contributed by atoms with Crippen LogP contribution in [0.25, 0.3) is 10.9 Å². The molecule has 0 aliphatic heterocycles. The minimum absolute atomic E-state index is 0.00995. The van der Waals surface area contributed by atoms with Crippen molar-refractivity contribution in [3.8, 4) is 0 Å². The first-order valence-corrected chi connectivity index (χ1v) is 8.19. The molecular weight excluding hydrogens is 328 g/mol. The third-order valence-corrected chi connectivity index (χ3v) is 4.45. The Bertz CT molecular complexity index is 924. The van der Waals surface area contributed by atoms with Crippen molar-refractivity contribution in [1.29, 1.82) is 0 Å². The summed E-state index contributed by atoms with van der Waals surface area (Å²) >= 11 is 1.14. The van der Waals surface area contributed by atoms with E-state index in [1.54, 1.807) is 14.0 Å². The van der Waals surface area contributed by atoms with Crippen molar-refractivity contribution in [2.45, 2.75) is 24.0 Å². The second-order valence-electron chi connectivity index (χ2n) is 5.12. The Labute approximate surface area is 142 Å². The fourth-order valence-corrected chi connectivity index (χ4v) is 3.39. The summed E-state index contributed by atoms with van der Waals surface area (Å²) in [5.41, 5.74) is 1.15. The molecule has 8 nitrogen and oxygen atoms in total. The molecule has 24 heavy (non-hydrogen) atoms. The van der Waals surface area contributed by atoms with E-state index in [1.807, 2.05) is 31.2 Å². The Balaban J connectivity index is 2.10. The lowest BCUT2D eigenvalue weighted by Crippen LogP contribution is -2.03. The Morgan fingerprint density at radius 1 is 1.33 bits per heavy atom. The molecule has 0 atom stereocenters.